The third kappa shape index (κ3) is 3.86. The number of non-ortho nitro benzene ring substituents is 1. The van der Waals surface area contributed by atoms with Crippen molar-refractivity contribution in [3.05, 3.63) is 176 Å². The van der Waals surface area contributed by atoms with Gasteiger partial charge in [-0.2, -0.15) is 0 Å². The van der Waals surface area contributed by atoms with Crippen LogP contribution in [0.3, 0.4) is 0 Å². The number of nitro benzene ring substituents is 1. The Labute approximate surface area is 285 Å². The van der Waals surface area contributed by atoms with Gasteiger partial charge in [-0.05, 0) is 69.8 Å². The minimum atomic E-state index is -1.61. The third-order valence-corrected chi connectivity index (χ3v) is 10.5. The van der Waals surface area contributed by atoms with Crippen molar-refractivity contribution < 1.29 is 19.3 Å². The number of hydrogen-bond acceptors (Lipinski definition) is 5. The molecule has 0 N–H and O–H groups in total. The Balaban J connectivity index is 1.52. The maximum absolute atomic E-state index is 15.9. The zero-order valence-corrected chi connectivity index (χ0v) is 26.6. The fourth-order valence-electron chi connectivity index (χ4n) is 8.34. The van der Waals surface area contributed by atoms with Crippen LogP contribution < -0.4 is 4.90 Å². The van der Waals surface area contributed by atoms with E-state index in [0.29, 0.717) is 32.3 Å². The predicted molar refractivity (Wildman–Crippen MR) is 184 cm³/mol. The average molecular weight is 672 g/mol. The van der Waals surface area contributed by atoms with Gasteiger partial charge in [0.2, 0.25) is 11.8 Å². The van der Waals surface area contributed by atoms with Gasteiger partial charge in [-0.1, -0.05) is 108 Å². The van der Waals surface area contributed by atoms with Crippen LogP contribution in [-0.4, -0.2) is 22.5 Å². The molecule has 1 saturated carbocycles. The molecule has 234 valence electrons. The third-order valence-electron chi connectivity index (χ3n) is 10.0. The smallest absolute Gasteiger partial charge is 0.269 e. The lowest BCUT2D eigenvalue weighted by molar-refractivity contribution is -0.384. The second-order valence-electron chi connectivity index (χ2n) is 12.2. The number of imide groups is 1. The summed E-state index contributed by atoms with van der Waals surface area (Å²) >= 11 is 12.8. The molecule has 0 aromatic heterocycles. The summed E-state index contributed by atoms with van der Waals surface area (Å²) in [6, 6.07) is 38.1. The second-order valence-corrected chi connectivity index (χ2v) is 13.1. The fourth-order valence-corrected chi connectivity index (χ4v) is 8.59. The van der Waals surface area contributed by atoms with Gasteiger partial charge < -0.3 is 0 Å². The Morgan fingerprint density at radius 2 is 0.958 bits per heavy atom. The van der Waals surface area contributed by atoms with Gasteiger partial charge in [0.05, 0.1) is 33.3 Å². The molecule has 1 heterocycles. The zero-order valence-electron chi connectivity index (χ0n) is 25.0. The van der Waals surface area contributed by atoms with Gasteiger partial charge >= 0.3 is 0 Å². The van der Waals surface area contributed by atoms with Gasteiger partial charge in [0.25, 0.3) is 5.69 Å². The number of carbonyl (C=O) groups excluding carboxylic acids is 3. The van der Waals surface area contributed by atoms with Gasteiger partial charge in [-0.25, -0.2) is 4.90 Å². The molecule has 0 spiro atoms. The predicted octanol–water partition coefficient (Wildman–Crippen LogP) is 8.09. The highest BCUT2D eigenvalue weighted by atomic mass is 35.5. The van der Waals surface area contributed by atoms with Crippen molar-refractivity contribution in [1.29, 1.82) is 0 Å². The Morgan fingerprint density at radius 3 is 1.33 bits per heavy atom. The lowest BCUT2D eigenvalue weighted by Crippen LogP contribution is -2.45. The Bertz CT molecular complexity index is 2060. The normalized spacial score (nSPS) is 24.4. The average Bonchev–Trinajstić information content (AvgIpc) is 3.61. The Kier molecular flexibility index (Phi) is 6.77. The van der Waals surface area contributed by atoms with Crippen molar-refractivity contribution in [3.8, 4) is 0 Å². The van der Waals surface area contributed by atoms with Crippen LogP contribution in [0, 0.1) is 22.0 Å². The largest absolute Gasteiger partial charge is 0.297 e. The summed E-state index contributed by atoms with van der Waals surface area (Å²) in [6.45, 7) is 0. The number of anilines is 1. The summed E-state index contributed by atoms with van der Waals surface area (Å²) in [7, 11) is 0. The molecule has 2 fully saturated rings. The molecular weight excluding hydrogens is 647 g/mol. The van der Waals surface area contributed by atoms with Crippen LogP contribution in [0.4, 0.5) is 11.4 Å². The van der Waals surface area contributed by atoms with E-state index in [9.17, 15) is 19.7 Å². The molecule has 8 rings (SSSR count). The van der Waals surface area contributed by atoms with Gasteiger partial charge in [0.1, 0.15) is 0 Å². The minimum Gasteiger partial charge on any atom is -0.297 e. The summed E-state index contributed by atoms with van der Waals surface area (Å²) < 4.78 is 0. The number of fused-ring (bicyclic) bond motifs is 5. The van der Waals surface area contributed by atoms with Crippen LogP contribution in [0.15, 0.2) is 133 Å². The first-order chi connectivity index (χ1) is 23.2. The molecule has 1 aliphatic heterocycles. The SMILES string of the molecule is O=C1[C@@H]2[C@@H](C(=O)N1c1ccc([N+](=O)[O-])cc1)[C@@]1(c3ccc(Cl)cc3)C(=O)[C@@]2(c2ccc(Cl)cc2)C(c2ccccc2)=C1c1ccccc1. The summed E-state index contributed by atoms with van der Waals surface area (Å²) in [4.78, 5) is 57.9. The molecule has 9 heteroatoms. The molecule has 5 aromatic rings. The fraction of sp³-hybridized carbons (Fsp3) is 0.103. The molecule has 0 radical (unpaired) electrons. The van der Waals surface area contributed by atoms with E-state index in [2.05, 4.69) is 0 Å². The summed E-state index contributed by atoms with van der Waals surface area (Å²) in [5.74, 6) is -3.69. The molecule has 2 aliphatic carbocycles. The summed E-state index contributed by atoms with van der Waals surface area (Å²) in [6.07, 6.45) is 0. The Morgan fingerprint density at radius 1 is 0.562 bits per heavy atom. The maximum Gasteiger partial charge on any atom is 0.269 e. The molecule has 5 aromatic carbocycles. The van der Waals surface area contributed by atoms with E-state index in [-0.39, 0.29) is 17.2 Å². The molecule has 2 amide bonds. The number of carbonyl (C=O) groups is 3. The topological polar surface area (TPSA) is 97.6 Å². The summed E-state index contributed by atoms with van der Waals surface area (Å²) in [5.41, 5.74) is 0.645. The van der Waals surface area contributed by atoms with Crippen molar-refractivity contribution in [2.24, 2.45) is 11.8 Å². The van der Waals surface area contributed by atoms with Crippen molar-refractivity contribution in [2.45, 2.75) is 10.8 Å². The van der Waals surface area contributed by atoms with E-state index in [1.165, 1.54) is 24.3 Å². The lowest BCUT2D eigenvalue weighted by atomic mass is 9.59. The van der Waals surface area contributed by atoms with E-state index >= 15 is 4.79 Å². The van der Waals surface area contributed by atoms with Gasteiger partial charge in [0, 0.05) is 22.2 Å². The number of amides is 2. The number of halogens is 2. The van der Waals surface area contributed by atoms with E-state index in [4.69, 9.17) is 23.2 Å². The molecule has 7 nitrogen and oxygen atoms in total. The van der Waals surface area contributed by atoms with Gasteiger partial charge in [0.15, 0.2) is 5.78 Å². The first kappa shape index (κ1) is 30.0. The van der Waals surface area contributed by atoms with Crippen LogP contribution in [0.5, 0.6) is 0 Å². The van der Waals surface area contributed by atoms with E-state index in [1.807, 2.05) is 60.7 Å². The van der Waals surface area contributed by atoms with E-state index < -0.39 is 39.4 Å². The van der Waals surface area contributed by atoms with Crippen LogP contribution in [0.25, 0.3) is 11.1 Å². The molecule has 0 unspecified atom stereocenters. The maximum atomic E-state index is 15.9. The van der Waals surface area contributed by atoms with Crippen molar-refractivity contribution in [3.63, 3.8) is 0 Å². The monoisotopic (exact) mass is 670 g/mol. The van der Waals surface area contributed by atoms with Gasteiger partial charge in [-0.15, -0.1) is 0 Å². The highest BCUT2D eigenvalue weighted by Crippen LogP contribution is 2.74. The number of benzene rings is 5. The second kappa shape index (κ2) is 10.8. The molecule has 48 heavy (non-hydrogen) atoms. The number of hydrogen-bond donors (Lipinski definition) is 0. The highest BCUT2D eigenvalue weighted by Gasteiger charge is 2.82. The number of nitrogens with zero attached hydrogens (tertiary/aromatic N) is 2. The molecule has 3 aliphatic rings. The highest BCUT2D eigenvalue weighted by molar-refractivity contribution is 6.39. The molecule has 1 saturated heterocycles. The molecule has 4 atom stereocenters. The van der Waals surface area contributed by atoms with E-state index in [1.54, 1.807) is 48.5 Å². The van der Waals surface area contributed by atoms with Crippen molar-refractivity contribution >= 4 is 63.3 Å². The van der Waals surface area contributed by atoms with Crippen LogP contribution in [0.2, 0.25) is 10.0 Å². The number of nitro groups is 1. The van der Waals surface area contributed by atoms with Crippen molar-refractivity contribution in [1.82, 2.24) is 0 Å². The number of allylic oxidation sites excluding steroid dienone is 2. The number of rotatable bonds is 6. The lowest BCUT2D eigenvalue weighted by Gasteiger charge is -2.39. The van der Waals surface area contributed by atoms with Crippen LogP contribution >= 0.6 is 23.2 Å². The van der Waals surface area contributed by atoms with Crippen LogP contribution in [-0.2, 0) is 25.2 Å². The standard InChI is InChI=1S/C39H24Cl2N2O5/c40-27-15-11-25(12-16-27)38-31(23-7-3-1-4-8-23)32(24-9-5-2-6-10-24)39(37(38)46,26-13-17-28(41)18-14-26)34-33(38)35(44)42(36(34)45)29-19-21-30(22-20-29)43(47)48/h1-22,33-34H/t33-,34-,38-,39-/m0/s1. The quantitative estimate of drug-likeness (QED) is 0.103. The first-order valence-electron chi connectivity index (χ1n) is 15.3. The summed E-state index contributed by atoms with van der Waals surface area (Å²) in [5, 5.41) is 12.3. The number of ketones is 1. The van der Waals surface area contributed by atoms with Crippen LogP contribution in [0.1, 0.15) is 22.3 Å². The van der Waals surface area contributed by atoms with Gasteiger partial charge in [-0.3, -0.25) is 24.5 Å². The number of Topliss-reactive ketones (excluding diaryl/α,β-unsaturated/α-hetero) is 1. The molecule has 2 bridgehead atoms. The zero-order chi connectivity index (χ0) is 33.4. The molecular formula is C39H24Cl2N2O5. The Hall–Kier alpha value is -5.37. The first-order valence-corrected chi connectivity index (χ1v) is 16.0. The van der Waals surface area contributed by atoms with E-state index in [0.717, 1.165) is 16.0 Å². The van der Waals surface area contributed by atoms with Crippen molar-refractivity contribution in [2.75, 3.05) is 4.90 Å². The minimum absolute atomic E-state index is 0.178.